The Balaban J connectivity index is 2.05. The van der Waals surface area contributed by atoms with Gasteiger partial charge in [0.25, 0.3) is 0 Å². The molecule has 3 aromatic rings. The zero-order valence-corrected chi connectivity index (χ0v) is 16.8. The van der Waals surface area contributed by atoms with E-state index in [1.807, 2.05) is 54.6 Å². The minimum absolute atomic E-state index is 0.154. The van der Waals surface area contributed by atoms with Crippen molar-refractivity contribution in [3.63, 3.8) is 0 Å². The van der Waals surface area contributed by atoms with E-state index in [9.17, 15) is 9.59 Å². The van der Waals surface area contributed by atoms with Crippen molar-refractivity contribution in [3.05, 3.63) is 100 Å². The maximum Gasteiger partial charge on any atom is 0.242 e. The summed E-state index contributed by atoms with van der Waals surface area (Å²) in [4.78, 5) is 27.3. The molecule has 0 saturated carbocycles. The highest BCUT2D eigenvalue weighted by Crippen LogP contribution is 2.28. The van der Waals surface area contributed by atoms with E-state index in [1.165, 1.54) is 0 Å². The van der Waals surface area contributed by atoms with Crippen molar-refractivity contribution < 1.29 is 9.59 Å². The lowest BCUT2D eigenvalue weighted by Gasteiger charge is -2.24. The van der Waals surface area contributed by atoms with E-state index in [1.54, 1.807) is 29.2 Å². The summed E-state index contributed by atoms with van der Waals surface area (Å²) in [6.45, 7) is 0.340. The van der Waals surface area contributed by atoms with E-state index in [2.05, 4.69) is 15.9 Å². The van der Waals surface area contributed by atoms with E-state index in [0.29, 0.717) is 27.8 Å². The molecular weight excluding hydrogens is 426 g/mol. The van der Waals surface area contributed by atoms with Crippen LogP contribution in [-0.4, -0.2) is 17.6 Å². The molecule has 0 heterocycles. The van der Waals surface area contributed by atoms with Gasteiger partial charge in [0.15, 0.2) is 5.78 Å². The van der Waals surface area contributed by atoms with Gasteiger partial charge in [-0.25, -0.2) is 0 Å². The number of nitrogens with zero attached hydrogens (tertiary/aromatic N) is 1. The summed E-state index contributed by atoms with van der Waals surface area (Å²) in [5.41, 5.74) is 2.51. The number of para-hydroxylation sites is 1. The van der Waals surface area contributed by atoms with Crippen molar-refractivity contribution in [1.82, 2.24) is 0 Å². The van der Waals surface area contributed by atoms with Crippen LogP contribution in [0.1, 0.15) is 21.5 Å². The number of carbonyl (C=O) groups is 2. The second-order valence-electron chi connectivity index (χ2n) is 5.93. The minimum Gasteiger partial charge on any atom is -0.306 e. The maximum atomic E-state index is 13.2. The molecule has 3 aromatic carbocycles. The molecule has 27 heavy (non-hydrogen) atoms. The quantitative estimate of drug-likeness (QED) is 0.376. The Morgan fingerprint density at radius 3 is 2.07 bits per heavy atom. The second-order valence-corrected chi connectivity index (χ2v) is 7.05. The highest BCUT2D eigenvalue weighted by atomic mass is 79.9. The zero-order chi connectivity index (χ0) is 19.2. The van der Waals surface area contributed by atoms with E-state index in [4.69, 9.17) is 11.6 Å². The first-order chi connectivity index (χ1) is 13.1. The van der Waals surface area contributed by atoms with Crippen LogP contribution in [0.3, 0.4) is 0 Å². The fourth-order valence-electron chi connectivity index (χ4n) is 2.84. The molecule has 0 N–H and O–H groups in total. The fourth-order valence-corrected chi connectivity index (χ4v) is 3.45. The number of alkyl halides is 1. The molecule has 3 rings (SSSR count). The molecule has 0 atom stereocenters. The Morgan fingerprint density at radius 1 is 0.815 bits per heavy atom. The van der Waals surface area contributed by atoms with Gasteiger partial charge in [-0.1, -0.05) is 70.5 Å². The molecule has 0 aliphatic carbocycles. The van der Waals surface area contributed by atoms with Gasteiger partial charge in [-0.05, 0) is 29.8 Å². The van der Waals surface area contributed by atoms with Gasteiger partial charge < -0.3 is 4.90 Å². The predicted molar refractivity (Wildman–Crippen MR) is 112 cm³/mol. The molecule has 0 aliphatic heterocycles. The number of rotatable bonds is 6. The van der Waals surface area contributed by atoms with Crippen molar-refractivity contribution in [3.8, 4) is 0 Å². The molecule has 136 valence electrons. The number of hydrogen-bond donors (Lipinski definition) is 0. The van der Waals surface area contributed by atoms with Gasteiger partial charge in [0.05, 0.1) is 12.2 Å². The average molecular weight is 443 g/mol. The summed E-state index contributed by atoms with van der Waals surface area (Å²) in [5, 5.41) is 0. The highest BCUT2D eigenvalue weighted by molar-refractivity contribution is 9.10. The van der Waals surface area contributed by atoms with Gasteiger partial charge in [-0.3, -0.25) is 9.59 Å². The van der Waals surface area contributed by atoms with E-state index in [-0.39, 0.29) is 17.6 Å². The maximum absolute atomic E-state index is 13.2. The largest absolute Gasteiger partial charge is 0.306 e. The van der Waals surface area contributed by atoms with Crippen LogP contribution in [-0.2, 0) is 11.3 Å². The Hall–Kier alpha value is -2.43. The molecule has 0 aromatic heterocycles. The Morgan fingerprint density at radius 2 is 1.41 bits per heavy atom. The van der Waals surface area contributed by atoms with Crippen LogP contribution in [0, 0.1) is 0 Å². The van der Waals surface area contributed by atoms with Crippen molar-refractivity contribution in [1.29, 1.82) is 0 Å². The molecule has 0 radical (unpaired) electrons. The molecule has 0 aliphatic rings. The number of halogens is 2. The molecular formula is C22H17BrClNO2. The fraction of sp³-hybridized carbons (Fsp3) is 0.0909. The number of hydrogen-bond acceptors (Lipinski definition) is 2. The first-order valence-corrected chi connectivity index (χ1v) is 9.73. The van der Waals surface area contributed by atoms with Gasteiger partial charge in [0, 0.05) is 15.6 Å². The number of carbonyl (C=O) groups excluding carboxylic acids is 2. The van der Waals surface area contributed by atoms with Gasteiger partial charge >= 0.3 is 0 Å². The van der Waals surface area contributed by atoms with Crippen molar-refractivity contribution >= 4 is 44.9 Å². The number of amides is 1. The van der Waals surface area contributed by atoms with Gasteiger partial charge in [-0.2, -0.15) is 0 Å². The summed E-state index contributed by atoms with van der Waals surface area (Å²) in [7, 11) is 0. The SMILES string of the molecule is O=C(c1ccccc1Br)c1ccccc1N(Cc1ccccc1)C(=O)CCl. The summed E-state index contributed by atoms with van der Waals surface area (Å²) < 4.78 is 0.711. The van der Waals surface area contributed by atoms with Crippen LogP contribution in [0.25, 0.3) is 0 Å². The van der Waals surface area contributed by atoms with Crippen LogP contribution < -0.4 is 4.90 Å². The van der Waals surface area contributed by atoms with Crippen LogP contribution in [0.4, 0.5) is 5.69 Å². The number of benzene rings is 3. The molecule has 1 amide bonds. The molecule has 0 saturated heterocycles. The molecule has 5 heteroatoms. The van der Waals surface area contributed by atoms with Gasteiger partial charge in [0.1, 0.15) is 5.88 Å². The van der Waals surface area contributed by atoms with Crippen LogP contribution in [0.5, 0.6) is 0 Å². The van der Waals surface area contributed by atoms with Crippen molar-refractivity contribution in [2.45, 2.75) is 6.54 Å². The van der Waals surface area contributed by atoms with Crippen LogP contribution >= 0.6 is 27.5 Å². The third kappa shape index (κ3) is 4.46. The summed E-state index contributed by atoms with van der Waals surface area (Å²) in [5.74, 6) is -0.573. The summed E-state index contributed by atoms with van der Waals surface area (Å²) in [6, 6.07) is 24.0. The summed E-state index contributed by atoms with van der Waals surface area (Å²) in [6.07, 6.45) is 0. The van der Waals surface area contributed by atoms with E-state index in [0.717, 1.165) is 5.56 Å². The molecule has 3 nitrogen and oxygen atoms in total. The molecule has 0 unspecified atom stereocenters. The third-order valence-corrected chi connectivity index (χ3v) is 5.08. The second kappa shape index (κ2) is 8.98. The topological polar surface area (TPSA) is 37.4 Å². The monoisotopic (exact) mass is 441 g/mol. The zero-order valence-electron chi connectivity index (χ0n) is 14.4. The van der Waals surface area contributed by atoms with Gasteiger partial charge in [0.2, 0.25) is 5.91 Å². The molecule has 0 spiro atoms. The smallest absolute Gasteiger partial charge is 0.242 e. The van der Waals surface area contributed by atoms with E-state index >= 15 is 0 Å². The van der Waals surface area contributed by atoms with Gasteiger partial charge in [-0.15, -0.1) is 11.6 Å². The lowest BCUT2D eigenvalue weighted by molar-refractivity contribution is -0.116. The van der Waals surface area contributed by atoms with E-state index < -0.39 is 0 Å². The highest BCUT2D eigenvalue weighted by Gasteiger charge is 2.23. The molecule has 0 fully saturated rings. The minimum atomic E-state index is -0.257. The average Bonchev–Trinajstić information content (AvgIpc) is 2.72. The third-order valence-electron chi connectivity index (χ3n) is 4.16. The Labute approximate surface area is 171 Å². The normalized spacial score (nSPS) is 10.4. The number of anilines is 1. The number of ketones is 1. The molecule has 0 bridgehead atoms. The summed E-state index contributed by atoms with van der Waals surface area (Å²) >= 11 is 9.28. The predicted octanol–water partition coefficient (Wildman–Crippen LogP) is 5.45. The van der Waals surface area contributed by atoms with Crippen LogP contribution in [0.15, 0.2) is 83.3 Å². The first kappa shape index (κ1) is 19.3. The lowest BCUT2D eigenvalue weighted by atomic mass is 10.0. The lowest BCUT2D eigenvalue weighted by Crippen LogP contribution is -2.32. The van der Waals surface area contributed by atoms with Crippen molar-refractivity contribution in [2.75, 3.05) is 10.8 Å². The van der Waals surface area contributed by atoms with Crippen LogP contribution in [0.2, 0.25) is 0 Å². The Kier molecular flexibility index (Phi) is 6.43. The standard InChI is InChI=1S/C22H17BrClNO2/c23-19-12-6-4-10-17(19)22(27)18-11-5-7-13-20(18)25(21(26)14-24)15-16-8-2-1-3-9-16/h1-13H,14-15H2. The first-order valence-electron chi connectivity index (χ1n) is 8.40. The van der Waals surface area contributed by atoms with Crippen molar-refractivity contribution in [2.24, 2.45) is 0 Å². The Bertz CT molecular complexity index is 959.